The molecule has 0 amide bonds. The molecule has 1 N–H and O–H groups in total. The molecule has 1 aromatic carbocycles. The van der Waals surface area contributed by atoms with E-state index < -0.39 is 0 Å². The van der Waals surface area contributed by atoms with E-state index in [0.29, 0.717) is 12.6 Å². The molecule has 0 spiro atoms. The Morgan fingerprint density at radius 1 is 1.38 bits per heavy atom. The normalized spacial score (nSPS) is 18.0. The third-order valence-corrected chi connectivity index (χ3v) is 3.72. The summed E-state index contributed by atoms with van der Waals surface area (Å²) in [6, 6.07) is 8.94. The van der Waals surface area contributed by atoms with Crippen molar-refractivity contribution in [1.29, 1.82) is 0 Å². The summed E-state index contributed by atoms with van der Waals surface area (Å²) in [6.07, 6.45) is 3.06. The van der Waals surface area contributed by atoms with Gasteiger partial charge in [-0.15, -0.1) is 5.10 Å². The van der Waals surface area contributed by atoms with Crippen LogP contribution < -0.4 is 5.32 Å². The lowest BCUT2D eigenvalue weighted by molar-refractivity contribution is 0.0279. The number of hydrogen-bond acceptors (Lipinski definition) is 4. The van der Waals surface area contributed by atoms with Gasteiger partial charge in [-0.2, -0.15) is 0 Å². The van der Waals surface area contributed by atoms with Gasteiger partial charge >= 0.3 is 0 Å². The molecule has 5 heteroatoms. The van der Waals surface area contributed by atoms with Gasteiger partial charge in [0.1, 0.15) is 6.10 Å². The monoisotopic (exact) mass is 286 g/mol. The summed E-state index contributed by atoms with van der Waals surface area (Å²) in [5, 5.41) is 11.8. The lowest BCUT2D eigenvalue weighted by Crippen LogP contribution is -2.22. The lowest BCUT2D eigenvalue weighted by Gasteiger charge is -2.25. The lowest BCUT2D eigenvalue weighted by atomic mass is 9.98. The van der Waals surface area contributed by atoms with Gasteiger partial charge < -0.3 is 10.1 Å². The molecule has 1 aliphatic heterocycles. The fourth-order valence-electron chi connectivity index (χ4n) is 2.62. The molecule has 1 atom stereocenters. The molecule has 1 aliphatic rings. The third kappa shape index (κ3) is 3.49. The van der Waals surface area contributed by atoms with Crippen LogP contribution in [0.25, 0.3) is 0 Å². The minimum Gasteiger partial charge on any atom is -0.371 e. The summed E-state index contributed by atoms with van der Waals surface area (Å²) >= 11 is 0. The van der Waals surface area contributed by atoms with Gasteiger partial charge in [-0.1, -0.05) is 43.3 Å². The molecule has 3 rings (SSSR count). The molecule has 0 aliphatic carbocycles. The second-order valence-electron chi connectivity index (χ2n) is 5.78. The quantitative estimate of drug-likeness (QED) is 0.914. The van der Waals surface area contributed by atoms with Gasteiger partial charge in [0.15, 0.2) is 0 Å². The van der Waals surface area contributed by atoms with Crippen LogP contribution in [-0.4, -0.2) is 27.6 Å². The Kier molecular flexibility index (Phi) is 4.31. The number of hydrogen-bond donors (Lipinski definition) is 1. The molecule has 1 unspecified atom stereocenters. The van der Waals surface area contributed by atoms with Crippen LogP contribution in [0.15, 0.2) is 30.5 Å². The minimum atomic E-state index is 0.0718. The van der Waals surface area contributed by atoms with Crippen molar-refractivity contribution in [2.45, 2.75) is 45.5 Å². The van der Waals surface area contributed by atoms with Gasteiger partial charge in [-0.05, 0) is 17.5 Å². The molecular weight excluding hydrogens is 264 g/mol. The highest BCUT2D eigenvalue weighted by Crippen LogP contribution is 2.27. The second kappa shape index (κ2) is 6.37. The van der Waals surface area contributed by atoms with Gasteiger partial charge in [0.25, 0.3) is 0 Å². The molecule has 5 nitrogen and oxygen atoms in total. The molecule has 112 valence electrons. The summed E-state index contributed by atoms with van der Waals surface area (Å²) < 4.78 is 7.79. The van der Waals surface area contributed by atoms with Crippen LogP contribution in [0.2, 0.25) is 0 Å². The van der Waals surface area contributed by atoms with Crippen molar-refractivity contribution in [2.24, 2.45) is 0 Å². The fourth-order valence-corrected chi connectivity index (χ4v) is 2.62. The van der Waals surface area contributed by atoms with Gasteiger partial charge in [0.05, 0.1) is 18.8 Å². The molecular formula is C16H22N4O. The van der Waals surface area contributed by atoms with E-state index in [1.807, 2.05) is 10.9 Å². The first-order valence-electron chi connectivity index (χ1n) is 7.54. The summed E-state index contributed by atoms with van der Waals surface area (Å²) in [5.74, 6) is 0. The predicted molar refractivity (Wildman–Crippen MR) is 80.8 cm³/mol. The van der Waals surface area contributed by atoms with Crippen molar-refractivity contribution in [3.63, 3.8) is 0 Å². The number of fused-ring (bicyclic) bond motifs is 1. The molecule has 1 aromatic heterocycles. The maximum atomic E-state index is 5.91. The first kappa shape index (κ1) is 14.2. The average Bonchev–Trinajstić information content (AvgIpc) is 2.93. The molecule has 2 heterocycles. The molecule has 21 heavy (non-hydrogen) atoms. The first-order valence-corrected chi connectivity index (χ1v) is 7.54. The van der Waals surface area contributed by atoms with Crippen LogP contribution >= 0.6 is 0 Å². The van der Waals surface area contributed by atoms with Crippen molar-refractivity contribution in [3.05, 3.63) is 47.3 Å². The topological polar surface area (TPSA) is 52.0 Å². The highest BCUT2D eigenvalue weighted by molar-refractivity contribution is 5.30. The highest BCUT2D eigenvalue weighted by Gasteiger charge is 2.21. The van der Waals surface area contributed by atoms with E-state index in [2.05, 4.69) is 53.7 Å². The largest absolute Gasteiger partial charge is 0.371 e. The van der Waals surface area contributed by atoms with E-state index in [-0.39, 0.29) is 6.10 Å². The van der Waals surface area contributed by atoms with Crippen LogP contribution in [0, 0.1) is 0 Å². The Morgan fingerprint density at radius 2 is 2.24 bits per heavy atom. The minimum absolute atomic E-state index is 0.0718. The number of aromatic nitrogens is 3. The molecule has 0 saturated carbocycles. The van der Waals surface area contributed by atoms with Crippen LogP contribution in [0.4, 0.5) is 0 Å². The summed E-state index contributed by atoms with van der Waals surface area (Å²) in [7, 11) is 0. The predicted octanol–water partition coefficient (Wildman–Crippen LogP) is 2.09. The first-order chi connectivity index (χ1) is 10.2. The van der Waals surface area contributed by atoms with Crippen LogP contribution in [0.5, 0.6) is 0 Å². The van der Waals surface area contributed by atoms with Crippen molar-refractivity contribution >= 4 is 0 Å². The molecule has 2 aromatic rings. The number of rotatable bonds is 5. The Labute approximate surface area is 125 Å². The zero-order chi connectivity index (χ0) is 14.7. The van der Waals surface area contributed by atoms with E-state index in [1.165, 1.54) is 11.1 Å². The summed E-state index contributed by atoms with van der Waals surface area (Å²) in [6.45, 7) is 6.48. The van der Waals surface area contributed by atoms with E-state index in [1.54, 1.807) is 0 Å². The van der Waals surface area contributed by atoms with E-state index in [9.17, 15) is 0 Å². The summed E-state index contributed by atoms with van der Waals surface area (Å²) in [5.41, 5.74) is 3.63. The standard InChI is InChI=1S/C16H22N4O/c1-12(2)17-9-14-10-20(19-18-14)11-16-15-6-4-3-5-13(15)7-8-21-16/h3-6,10,12,16-17H,7-9,11H2,1-2H3. The van der Waals surface area contributed by atoms with Crippen molar-refractivity contribution < 1.29 is 4.74 Å². The zero-order valence-electron chi connectivity index (χ0n) is 12.6. The van der Waals surface area contributed by atoms with E-state index in [4.69, 9.17) is 4.74 Å². The number of benzene rings is 1. The molecule has 0 radical (unpaired) electrons. The fraction of sp³-hybridized carbons (Fsp3) is 0.500. The van der Waals surface area contributed by atoms with Crippen molar-refractivity contribution in [2.75, 3.05) is 6.61 Å². The van der Waals surface area contributed by atoms with Gasteiger partial charge in [0.2, 0.25) is 0 Å². The maximum Gasteiger partial charge on any atom is 0.102 e. The number of nitrogens with zero attached hydrogens (tertiary/aromatic N) is 3. The molecule has 0 bridgehead atoms. The van der Waals surface area contributed by atoms with Gasteiger partial charge in [-0.3, -0.25) is 0 Å². The number of nitrogens with one attached hydrogen (secondary N) is 1. The SMILES string of the molecule is CC(C)NCc1cn(CC2OCCc3ccccc32)nn1. The summed E-state index contributed by atoms with van der Waals surface area (Å²) in [4.78, 5) is 0. The van der Waals surface area contributed by atoms with Crippen molar-refractivity contribution in [1.82, 2.24) is 20.3 Å². The maximum absolute atomic E-state index is 5.91. The van der Waals surface area contributed by atoms with Crippen LogP contribution in [0.1, 0.15) is 36.8 Å². The Hall–Kier alpha value is -1.72. The third-order valence-electron chi connectivity index (χ3n) is 3.72. The molecule has 0 fully saturated rings. The number of ether oxygens (including phenoxy) is 1. The highest BCUT2D eigenvalue weighted by atomic mass is 16.5. The Bertz CT molecular complexity index is 593. The zero-order valence-corrected chi connectivity index (χ0v) is 12.6. The van der Waals surface area contributed by atoms with Crippen LogP contribution in [-0.2, 0) is 24.2 Å². The average molecular weight is 286 g/mol. The van der Waals surface area contributed by atoms with E-state index >= 15 is 0 Å². The second-order valence-corrected chi connectivity index (χ2v) is 5.78. The van der Waals surface area contributed by atoms with Gasteiger partial charge in [0, 0.05) is 18.8 Å². The smallest absolute Gasteiger partial charge is 0.102 e. The Balaban J connectivity index is 1.67. The molecule has 0 saturated heterocycles. The van der Waals surface area contributed by atoms with Crippen LogP contribution in [0.3, 0.4) is 0 Å². The Morgan fingerprint density at radius 3 is 3.10 bits per heavy atom. The van der Waals surface area contributed by atoms with E-state index in [0.717, 1.165) is 25.3 Å². The van der Waals surface area contributed by atoms with Gasteiger partial charge in [-0.25, -0.2) is 4.68 Å². The van der Waals surface area contributed by atoms with Crippen molar-refractivity contribution in [3.8, 4) is 0 Å².